The molecular weight excluding hydrogens is 320 g/mol. The van der Waals surface area contributed by atoms with Gasteiger partial charge in [-0.05, 0) is 53.8 Å². The molecule has 2 aromatic carbocycles. The van der Waals surface area contributed by atoms with E-state index in [1.165, 1.54) is 27.5 Å². The van der Waals surface area contributed by atoms with Crippen LogP contribution in [0.4, 0.5) is 0 Å². The van der Waals surface area contributed by atoms with E-state index in [1.807, 2.05) is 19.4 Å². The number of fused-ring (bicyclic) bond motifs is 1. The van der Waals surface area contributed by atoms with Gasteiger partial charge in [0.25, 0.3) is 0 Å². The minimum atomic E-state index is 0.162. The predicted octanol–water partition coefficient (Wildman–Crippen LogP) is 4.01. The molecule has 0 radical (unpaired) electrons. The van der Waals surface area contributed by atoms with Gasteiger partial charge in [0.15, 0.2) is 5.96 Å². The first-order valence-corrected chi connectivity index (χ1v) is 9.03. The molecule has 134 valence electrons. The lowest BCUT2D eigenvalue weighted by molar-refractivity contribution is 0.688. The van der Waals surface area contributed by atoms with Crippen molar-refractivity contribution in [2.24, 2.45) is 4.99 Å². The molecular formula is C22H26N4. The van der Waals surface area contributed by atoms with E-state index in [2.05, 4.69) is 83.0 Å². The minimum absolute atomic E-state index is 0.162. The molecule has 2 N–H and O–H groups in total. The van der Waals surface area contributed by atoms with Crippen LogP contribution >= 0.6 is 0 Å². The van der Waals surface area contributed by atoms with Crippen LogP contribution in [0.15, 0.2) is 65.9 Å². The summed E-state index contributed by atoms with van der Waals surface area (Å²) in [6.45, 7) is 5.09. The number of nitrogens with one attached hydrogen (secondary N) is 2. The number of pyridine rings is 1. The number of aryl methyl sites for hydroxylation is 1. The van der Waals surface area contributed by atoms with Crippen molar-refractivity contribution in [2.45, 2.75) is 26.3 Å². The molecule has 1 unspecified atom stereocenters. The normalized spacial score (nSPS) is 12.8. The van der Waals surface area contributed by atoms with Gasteiger partial charge < -0.3 is 10.6 Å². The van der Waals surface area contributed by atoms with E-state index in [0.29, 0.717) is 0 Å². The quantitative estimate of drug-likeness (QED) is 0.542. The number of guanidine groups is 1. The van der Waals surface area contributed by atoms with Gasteiger partial charge in [0, 0.05) is 26.0 Å². The zero-order chi connectivity index (χ0) is 18.4. The van der Waals surface area contributed by atoms with Crippen molar-refractivity contribution in [2.75, 3.05) is 13.6 Å². The second-order valence-electron chi connectivity index (χ2n) is 6.49. The Hall–Kier alpha value is -2.88. The number of aromatic nitrogens is 1. The SMILES string of the molecule is CN=C(NCCc1ccncc1C)NC(C)c1cccc2ccccc12. The van der Waals surface area contributed by atoms with Crippen LogP contribution in [-0.4, -0.2) is 24.5 Å². The van der Waals surface area contributed by atoms with Crippen molar-refractivity contribution >= 4 is 16.7 Å². The van der Waals surface area contributed by atoms with Crippen LogP contribution in [0.25, 0.3) is 10.8 Å². The van der Waals surface area contributed by atoms with Crippen molar-refractivity contribution in [1.82, 2.24) is 15.6 Å². The van der Waals surface area contributed by atoms with Crippen LogP contribution < -0.4 is 10.6 Å². The largest absolute Gasteiger partial charge is 0.356 e. The van der Waals surface area contributed by atoms with E-state index in [0.717, 1.165) is 18.9 Å². The van der Waals surface area contributed by atoms with E-state index in [1.54, 1.807) is 0 Å². The average molecular weight is 346 g/mol. The molecule has 0 spiro atoms. The van der Waals surface area contributed by atoms with Gasteiger partial charge in [-0.15, -0.1) is 0 Å². The molecule has 1 atom stereocenters. The molecule has 0 amide bonds. The molecule has 4 heteroatoms. The molecule has 0 aliphatic carbocycles. The third-order valence-corrected chi connectivity index (χ3v) is 4.69. The molecule has 0 saturated carbocycles. The van der Waals surface area contributed by atoms with Crippen LogP contribution in [0.3, 0.4) is 0 Å². The van der Waals surface area contributed by atoms with Crippen molar-refractivity contribution in [3.63, 3.8) is 0 Å². The number of hydrogen-bond acceptors (Lipinski definition) is 2. The first-order chi connectivity index (χ1) is 12.7. The predicted molar refractivity (Wildman–Crippen MR) is 110 cm³/mol. The lowest BCUT2D eigenvalue weighted by Gasteiger charge is -2.20. The Morgan fingerprint density at radius 3 is 2.73 bits per heavy atom. The summed E-state index contributed by atoms with van der Waals surface area (Å²) in [5, 5.41) is 9.45. The van der Waals surface area contributed by atoms with Gasteiger partial charge in [0.05, 0.1) is 6.04 Å². The molecule has 4 nitrogen and oxygen atoms in total. The molecule has 0 saturated heterocycles. The van der Waals surface area contributed by atoms with Crippen molar-refractivity contribution in [1.29, 1.82) is 0 Å². The summed E-state index contributed by atoms with van der Waals surface area (Å²) in [5.74, 6) is 0.817. The van der Waals surface area contributed by atoms with Crippen molar-refractivity contribution < 1.29 is 0 Å². The fraction of sp³-hybridized carbons (Fsp3) is 0.273. The molecule has 0 bridgehead atoms. The zero-order valence-electron chi connectivity index (χ0n) is 15.7. The van der Waals surface area contributed by atoms with E-state index in [4.69, 9.17) is 0 Å². The Morgan fingerprint density at radius 2 is 1.92 bits per heavy atom. The lowest BCUT2D eigenvalue weighted by atomic mass is 10.00. The standard InChI is InChI=1S/C22H26N4/c1-16-15-24-13-11-18(16)12-14-25-22(23-3)26-17(2)20-10-6-8-19-7-4-5-9-21(19)20/h4-11,13,15,17H,12,14H2,1-3H3,(H2,23,25,26). The molecule has 0 fully saturated rings. The number of hydrogen-bond donors (Lipinski definition) is 2. The maximum absolute atomic E-state index is 4.37. The minimum Gasteiger partial charge on any atom is -0.356 e. The maximum Gasteiger partial charge on any atom is 0.191 e. The highest BCUT2D eigenvalue weighted by atomic mass is 15.2. The lowest BCUT2D eigenvalue weighted by Crippen LogP contribution is -2.39. The Labute approximate surface area is 155 Å². The van der Waals surface area contributed by atoms with Gasteiger partial charge in [-0.25, -0.2) is 0 Å². The van der Waals surface area contributed by atoms with Crippen LogP contribution in [0.2, 0.25) is 0 Å². The molecule has 3 rings (SSSR count). The van der Waals surface area contributed by atoms with Crippen LogP contribution in [0.5, 0.6) is 0 Å². The Morgan fingerprint density at radius 1 is 1.12 bits per heavy atom. The molecule has 0 aliphatic heterocycles. The Kier molecular flexibility index (Phi) is 5.84. The van der Waals surface area contributed by atoms with Crippen LogP contribution in [0, 0.1) is 6.92 Å². The summed E-state index contributed by atoms with van der Waals surface area (Å²) >= 11 is 0. The smallest absolute Gasteiger partial charge is 0.191 e. The summed E-state index contributed by atoms with van der Waals surface area (Å²) in [6.07, 6.45) is 4.70. The van der Waals surface area contributed by atoms with Gasteiger partial charge in [0.1, 0.15) is 0 Å². The Balaban J connectivity index is 1.63. The van der Waals surface area contributed by atoms with Gasteiger partial charge in [-0.1, -0.05) is 42.5 Å². The maximum atomic E-state index is 4.37. The third-order valence-electron chi connectivity index (χ3n) is 4.69. The molecule has 1 heterocycles. The van der Waals surface area contributed by atoms with E-state index in [-0.39, 0.29) is 6.04 Å². The van der Waals surface area contributed by atoms with Gasteiger partial charge >= 0.3 is 0 Å². The average Bonchev–Trinajstić information content (AvgIpc) is 2.68. The summed E-state index contributed by atoms with van der Waals surface area (Å²) in [5.41, 5.74) is 3.81. The number of rotatable bonds is 5. The summed E-state index contributed by atoms with van der Waals surface area (Å²) in [6, 6.07) is 17.2. The van der Waals surface area contributed by atoms with Crippen LogP contribution in [0.1, 0.15) is 29.7 Å². The van der Waals surface area contributed by atoms with Crippen LogP contribution in [-0.2, 0) is 6.42 Å². The van der Waals surface area contributed by atoms with Crippen molar-refractivity contribution in [3.05, 3.63) is 77.6 Å². The third kappa shape index (κ3) is 4.20. The summed E-state index contributed by atoms with van der Waals surface area (Å²) < 4.78 is 0. The topological polar surface area (TPSA) is 49.3 Å². The van der Waals surface area contributed by atoms with Gasteiger partial charge in [0.2, 0.25) is 0 Å². The first-order valence-electron chi connectivity index (χ1n) is 9.03. The number of benzene rings is 2. The summed E-state index contributed by atoms with van der Waals surface area (Å²) in [4.78, 5) is 8.51. The number of aliphatic imine (C=N–C) groups is 1. The van der Waals surface area contributed by atoms with Crippen molar-refractivity contribution in [3.8, 4) is 0 Å². The molecule has 1 aromatic heterocycles. The van der Waals surface area contributed by atoms with E-state index in [9.17, 15) is 0 Å². The summed E-state index contributed by atoms with van der Waals surface area (Å²) in [7, 11) is 1.81. The van der Waals surface area contributed by atoms with Gasteiger partial charge in [-0.2, -0.15) is 0 Å². The molecule has 0 aliphatic rings. The zero-order valence-corrected chi connectivity index (χ0v) is 15.7. The van der Waals surface area contributed by atoms with E-state index >= 15 is 0 Å². The number of nitrogens with zero attached hydrogens (tertiary/aromatic N) is 2. The second kappa shape index (κ2) is 8.48. The Bertz CT molecular complexity index is 896. The monoisotopic (exact) mass is 346 g/mol. The van der Waals surface area contributed by atoms with Gasteiger partial charge in [-0.3, -0.25) is 9.98 Å². The molecule has 3 aromatic rings. The highest BCUT2D eigenvalue weighted by Gasteiger charge is 2.10. The van der Waals surface area contributed by atoms with E-state index < -0.39 is 0 Å². The fourth-order valence-corrected chi connectivity index (χ4v) is 3.20. The second-order valence-corrected chi connectivity index (χ2v) is 6.49. The fourth-order valence-electron chi connectivity index (χ4n) is 3.20. The first kappa shape index (κ1) is 17.9. The highest BCUT2D eigenvalue weighted by Crippen LogP contribution is 2.23. The molecule has 26 heavy (non-hydrogen) atoms. The highest BCUT2D eigenvalue weighted by molar-refractivity contribution is 5.87.